The average molecular weight is 151 g/mol. The Kier molecular flexibility index (Phi) is 1.46. The summed E-state index contributed by atoms with van der Waals surface area (Å²) in [6.07, 6.45) is 6.32. The van der Waals surface area contributed by atoms with Gasteiger partial charge in [-0.1, -0.05) is 0 Å². The Morgan fingerprint density at radius 2 is 2.45 bits per heavy atom. The van der Waals surface area contributed by atoms with Gasteiger partial charge in [-0.25, -0.2) is 4.98 Å². The molecule has 1 fully saturated rings. The smallest absolute Gasteiger partial charge is 0.0951 e. The minimum Gasteiger partial charge on any atom is -0.330 e. The van der Waals surface area contributed by atoms with Gasteiger partial charge in [-0.05, 0) is 19.8 Å². The minimum atomic E-state index is 0.109. The molecule has 0 aliphatic heterocycles. The zero-order valence-electron chi connectivity index (χ0n) is 6.70. The lowest BCUT2D eigenvalue weighted by molar-refractivity contribution is 0.644. The highest BCUT2D eigenvalue weighted by Crippen LogP contribution is 2.36. The third kappa shape index (κ3) is 1.16. The third-order valence-electron chi connectivity index (χ3n) is 2.10. The fraction of sp³-hybridized carbons (Fsp3) is 0.625. The number of nitrogens with two attached hydrogens (primary N) is 1. The van der Waals surface area contributed by atoms with E-state index < -0.39 is 0 Å². The van der Waals surface area contributed by atoms with Crippen molar-refractivity contribution in [3.63, 3.8) is 0 Å². The molecular weight excluding hydrogens is 138 g/mol. The second-order valence-electron chi connectivity index (χ2n) is 3.25. The van der Waals surface area contributed by atoms with Crippen LogP contribution in [0.1, 0.15) is 37.5 Å². The Bertz CT molecular complexity index is 231. The maximum Gasteiger partial charge on any atom is 0.0951 e. The van der Waals surface area contributed by atoms with E-state index in [4.69, 9.17) is 5.73 Å². The van der Waals surface area contributed by atoms with E-state index in [0.29, 0.717) is 6.04 Å². The highest BCUT2D eigenvalue weighted by atomic mass is 15.1. The second kappa shape index (κ2) is 2.34. The van der Waals surface area contributed by atoms with Crippen LogP contribution in [0.2, 0.25) is 0 Å². The molecule has 0 radical (unpaired) electrons. The molecule has 0 amide bonds. The molecule has 1 heterocycles. The normalized spacial score (nSPS) is 20.2. The van der Waals surface area contributed by atoms with Crippen molar-refractivity contribution in [1.29, 1.82) is 0 Å². The Labute approximate surface area is 66.2 Å². The van der Waals surface area contributed by atoms with Gasteiger partial charge < -0.3 is 10.3 Å². The fourth-order valence-electron chi connectivity index (χ4n) is 1.33. The molecule has 1 atom stereocenters. The Morgan fingerprint density at radius 1 is 1.73 bits per heavy atom. The number of hydrogen-bond donors (Lipinski definition) is 1. The van der Waals surface area contributed by atoms with Gasteiger partial charge in [0.15, 0.2) is 0 Å². The predicted octanol–water partition coefficient (Wildman–Crippen LogP) is 1.24. The summed E-state index contributed by atoms with van der Waals surface area (Å²) in [6, 6.07) is 0.802. The first-order chi connectivity index (χ1) is 5.29. The zero-order valence-corrected chi connectivity index (χ0v) is 6.70. The zero-order chi connectivity index (χ0) is 7.84. The van der Waals surface area contributed by atoms with Crippen molar-refractivity contribution in [2.45, 2.75) is 31.8 Å². The quantitative estimate of drug-likeness (QED) is 0.691. The fourth-order valence-corrected chi connectivity index (χ4v) is 1.33. The van der Waals surface area contributed by atoms with Crippen molar-refractivity contribution >= 4 is 0 Å². The number of nitrogens with zero attached hydrogens (tertiary/aromatic N) is 2. The molecule has 0 unspecified atom stereocenters. The van der Waals surface area contributed by atoms with Gasteiger partial charge in [-0.2, -0.15) is 0 Å². The topological polar surface area (TPSA) is 43.8 Å². The molecule has 2 rings (SSSR count). The average Bonchev–Trinajstić information content (AvgIpc) is 2.68. The van der Waals surface area contributed by atoms with Gasteiger partial charge >= 0.3 is 0 Å². The van der Waals surface area contributed by atoms with Crippen molar-refractivity contribution in [1.82, 2.24) is 9.55 Å². The first kappa shape index (κ1) is 6.85. The van der Waals surface area contributed by atoms with E-state index in [1.54, 1.807) is 0 Å². The molecule has 2 N–H and O–H groups in total. The molecule has 60 valence electrons. The molecule has 0 spiro atoms. The molecule has 1 aromatic heterocycles. The van der Waals surface area contributed by atoms with Crippen molar-refractivity contribution in [3.05, 3.63) is 18.2 Å². The van der Waals surface area contributed by atoms with E-state index in [1.807, 2.05) is 19.4 Å². The van der Waals surface area contributed by atoms with E-state index in [0.717, 1.165) is 5.69 Å². The van der Waals surface area contributed by atoms with Crippen LogP contribution in [0.15, 0.2) is 12.5 Å². The molecule has 1 aliphatic carbocycles. The highest BCUT2D eigenvalue weighted by molar-refractivity contribution is 5.07. The summed E-state index contributed by atoms with van der Waals surface area (Å²) in [6.45, 7) is 2.00. The standard InChI is InChI=1S/C8H13N3/c1-6(9)8-4-10-5-11(8)7-2-3-7/h4-7H,2-3,9H2,1H3/t6-/m1/s1. The van der Waals surface area contributed by atoms with Crippen LogP contribution in [0.3, 0.4) is 0 Å². The summed E-state index contributed by atoms with van der Waals surface area (Å²) in [7, 11) is 0. The third-order valence-corrected chi connectivity index (χ3v) is 2.10. The first-order valence-electron chi connectivity index (χ1n) is 4.06. The van der Waals surface area contributed by atoms with Crippen molar-refractivity contribution in [3.8, 4) is 0 Å². The SMILES string of the molecule is C[C@@H](N)c1cncn1C1CC1. The van der Waals surface area contributed by atoms with E-state index >= 15 is 0 Å². The summed E-state index contributed by atoms with van der Waals surface area (Å²) in [5, 5.41) is 0. The maximum absolute atomic E-state index is 5.76. The molecule has 11 heavy (non-hydrogen) atoms. The summed E-state index contributed by atoms with van der Waals surface area (Å²) in [5.74, 6) is 0. The first-order valence-corrected chi connectivity index (χ1v) is 4.06. The molecule has 3 nitrogen and oxygen atoms in total. The van der Waals surface area contributed by atoms with Crippen LogP contribution >= 0.6 is 0 Å². The van der Waals surface area contributed by atoms with Gasteiger partial charge in [0.25, 0.3) is 0 Å². The number of aromatic nitrogens is 2. The van der Waals surface area contributed by atoms with Crippen LogP contribution in [0.25, 0.3) is 0 Å². The van der Waals surface area contributed by atoms with Gasteiger partial charge in [0, 0.05) is 18.3 Å². The second-order valence-corrected chi connectivity index (χ2v) is 3.25. The Morgan fingerprint density at radius 3 is 3.00 bits per heavy atom. The minimum absolute atomic E-state index is 0.109. The van der Waals surface area contributed by atoms with Crippen LogP contribution in [0.4, 0.5) is 0 Å². The lowest BCUT2D eigenvalue weighted by Crippen LogP contribution is -2.10. The van der Waals surface area contributed by atoms with Crippen LogP contribution in [0, 0.1) is 0 Å². The highest BCUT2D eigenvalue weighted by Gasteiger charge is 2.25. The summed E-state index contributed by atoms with van der Waals surface area (Å²) in [5.41, 5.74) is 6.92. The molecular formula is C8H13N3. The number of hydrogen-bond acceptors (Lipinski definition) is 2. The summed E-state index contributed by atoms with van der Waals surface area (Å²) in [4.78, 5) is 4.09. The van der Waals surface area contributed by atoms with E-state index in [2.05, 4.69) is 9.55 Å². The predicted molar refractivity (Wildman–Crippen MR) is 43.1 cm³/mol. The molecule has 0 saturated heterocycles. The van der Waals surface area contributed by atoms with Crippen LogP contribution in [-0.2, 0) is 0 Å². The lowest BCUT2D eigenvalue weighted by Gasteiger charge is -2.08. The largest absolute Gasteiger partial charge is 0.330 e. The Hall–Kier alpha value is -0.830. The number of rotatable bonds is 2. The monoisotopic (exact) mass is 151 g/mol. The van der Waals surface area contributed by atoms with Gasteiger partial charge in [0.05, 0.1) is 12.0 Å². The Balaban J connectivity index is 2.30. The van der Waals surface area contributed by atoms with Crippen molar-refractivity contribution in [2.24, 2.45) is 5.73 Å². The molecule has 0 aromatic carbocycles. The van der Waals surface area contributed by atoms with Gasteiger partial charge in [-0.3, -0.25) is 0 Å². The van der Waals surface area contributed by atoms with Crippen molar-refractivity contribution in [2.75, 3.05) is 0 Å². The van der Waals surface area contributed by atoms with Gasteiger partial charge in [0.1, 0.15) is 0 Å². The number of imidazole rings is 1. The lowest BCUT2D eigenvalue weighted by atomic mass is 10.3. The van der Waals surface area contributed by atoms with E-state index in [9.17, 15) is 0 Å². The maximum atomic E-state index is 5.76. The van der Waals surface area contributed by atoms with Crippen molar-refractivity contribution < 1.29 is 0 Å². The van der Waals surface area contributed by atoms with Crippen LogP contribution in [0.5, 0.6) is 0 Å². The molecule has 1 saturated carbocycles. The molecule has 0 bridgehead atoms. The van der Waals surface area contributed by atoms with Crippen LogP contribution < -0.4 is 5.73 Å². The van der Waals surface area contributed by atoms with E-state index in [-0.39, 0.29) is 6.04 Å². The molecule has 1 aliphatic rings. The molecule has 1 aromatic rings. The van der Waals surface area contributed by atoms with Gasteiger partial charge in [-0.15, -0.1) is 0 Å². The van der Waals surface area contributed by atoms with Gasteiger partial charge in [0.2, 0.25) is 0 Å². The summed E-state index contributed by atoms with van der Waals surface area (Å²) >= 11 is 0. The molecule has 3 heteroatoms. The van der Waals surface area contributed by atoms with Crippen LogP contribution in [-0.4, -0.2) is 9.55 Å². The summed E-state index contributed by atoms with van der Waals surface area (Å²) < 4.78 is 2.20. The van der Waals surface area contributed by atoms with E-state index in [1.165, 1.54) is 12.8 Å².